The van der Waals surface area contributed by atoms with Crippen LogP contribution in [-0.4, -0.2) is 11.5 Å². The van der Waals surface area contributed by atoms with Gasteiger partial charge in [-0.25, -0.2) is 4.39 Å². The largest absolute Gasteiger partial charge is 0.383 e. The summed E-state index contributed by atoms with van der Waals surface area (Å²) in [5, 5.41) is 13.1. The van der Waals surface area contributed by atoms with Crippen LogP contribution in [0.25, 0.3) is 10.9 Å². The van der Waals surface area contributed by atoms with E-state index >= 15 is 0 Å². The first kappa shape index (κ1) is 12.3. The summed E-state index contributed by atoms with van der Waals surface area (Å²) in [6, 6.07) is 5.25. The fourth-order valence-electron chi connectivity index (χ4n) is 1.85. The average molecular weight is 243 g/mol. The van der Waals surface area contributed by atoms with E-state index in [2.05, 4.69) is 16.4 Å². The summed E-state index contributed by atoms with van der Waals surface area (Å²) in [6.45, 7) is 4.52. The molecule has 0 fully saturated rings. The van der Waals surface area contributed by atoms with Gasteiger partial charge in [-0.05, 0) is 25.0 Å². The Kier molecular flexibility index (Phi) is 3.42. The molecule has 2 rings (SSSR count). The zero-order valence-corrected chi connectivity index (χ0v) is 10.4. The average Bonchev–Trinajstić information content (AvgIpc) is 2.37. The molecule has 0 bridgehead atoms. The van der Waals surface area contributed by atoms with Gasteiger partial charge in [-0.1, -0.05) is 6.92 Å². The molecule has 1 N–H and O–H groups in total. The molecule has 0 radical (unpaired) electrons. The van der Waals surface area contributed by atoms with Crippen molar-refractivity contribution in [2.24, 2.45) is 0 Å². The van der Waals surface area contributed by atoms with Crippen molar-refractivity contribution in [3.05, 3.63) is 35.3 Å². The number of nitrogens with zero attached hydrogens (tertiary/aromatic N) is 2. The van der Waals surface area contributed by atoms with Crippen LogP contribution in [0, 0.1) is 24.1 Å². The summed E-state index contributed by atoms with van der Waals surface area (Å²) < 4.78 is 13.5. The van der Waals surface area contributed by atoms with Gasteiger partial charge < -0.3 is 5.32 Å². The van der Waals surface area contributed by atoms with Crippen LogP contribution in [0.4, 0.5) is 10.1 Å². The molecule has 1 aromatic heterocycles. The highest BCUT2D eigenvalue weighted by Crippen LogP contribution is 2.27. The molecule has 0 unspecified atom stereocenters. The first-order valence-corrected chi connectivity index (χ1v) is 5.90. The van der Waals surface area contributed by atoms with Crippen molar-refractivity contribution < 1.29 is 4.39 Å². The van der Waals surface area contributed by atoms with Gasteiger partial charge in [0.2, 0.25) is 0 Å². The van der Waals surface area contributed by atoms with Crippen LogP contribution in [0.3, 0.4) is 0 Å². The van der Waals surface area contributed by atoms with Crippen LogP contribution in [0.2, 0.25) is 0 Å². The lowest BCUT2D eigenvalue weighted by Crippen LogP contribution is -2.03. The summed E-state index contributed by atoms with van der Waals surface area (Å²) in [7, 11) is 0. The number of nitriles is 1. The Balaban J connectivity index is 2.68. The Morgan fingerprint density at radius 2 is 2.22 bits per heavy atom. The molecule has 3 nitrogen and oxygen atoms in total. The van der Waals surface area contributed by atoms with E-state index in [1.165, 1.54) is 12.3 Å². The Morgan fingerprint density at radius 3 is 2.89 bits per heavy atom. The maximum atomic E-state index is 13.5. The topological polar surface area (TPSA) is 48.7 Å². The van der Waals surface area contributed by atoms with Gasteiger partial charge in [-0.2, -0.15) is 5.26 Å². The quantitative estimate of drug-likeness (QED) is 0.899. The lowest BCUT2D eigenvalue weighted by Gasteiger charge is -2.11. The predicted molar refractivity (Wildman–Crippen MR) is 69.9 cm³/mol. The summed E-state index contributed by atoms with van der Waals surface area (Å²) in [6.07, 6.45) is 2.43. The fourth-order valence-corrected chi connectivity index (χ4v) is 1.85. The molecule has 92 valence electrons. The van der Waals surface area contributed by atoms with Crippen LogP contribution < -0.4 is 5.32 Å². The van der Waals surface area contributed by atoms with E-state index in [0.717, 1.165) is 24.0 Å². The third-order valence-corrected chi connectivity index (χ3v) is 2.82. The van der Waals surface area contributed by atoms with Crippen molar-refractivity contribution in [1.82, 2.24) is 4.98 Å². The maximum absolute atomic E-state index is 13.5. The first-order chi connectivity index (χ1) is 8.67. The van der Waals surface area contributed by atoms with E-state index in [0.29, 0.717) is 16.6 Å². The molecule has 0 aliphatic carbocycles. The molecular weight excluding hydrogens is 229 g/mol. The van der Waals surface area contributed by atoms with E-state index in [4.69, 9.17) is 5.26 Å². The van der Waals surface area contributed by atoms with E-state index < -0.39 is 0 Å². The highest BCUT2D eigenvalue weighted by atomic mass is 19.1. The van der Waals surface area contributed by atoms with Gasteiger partial charge in [0.05, 0.1) is 16.8 Å². The van der Waals surface area contributed by atoms with Crippen LogP contribution in [0.5, 0.6) is 0 Å². The number of nitrogens with one attached hydrogen (secondary N) is 1. The number of aryl methyl sites for hydroxylation is 1. The van der Waals surface area contributed by atoms with Gasteiger partial charge in [0.1, 0.15) is 11.9 Å². The molecule has 0 atom stereocenters. The normalized spacial score (nSPS) is 10.3. The Hall–Kier alpha value is -2.15. The second-order valence-corrected chi connectivity index (χ2v) is 4.20. The zero-order valence-electron chi connectivity index (χ0n) is 10.4. The number of halogens is 1. The summed E-state index contributed by atoms with van der Waals surface area (Å²) in [5.41, 5.74) is 2.35. The minimum Gasteiger partial charge on any atom is -0.383 e. The van der Waals surface area contributed by atoms with Gasteiger partial charge in [-0.3, -0.25) is 4.98 Å². The van der Waals surface area contributed by atoms with Crippen LogP contribution >= 0.6 is 0 Å². The third-order valence-electron chi connectivity index (χ3n) is 2.82. The lowest BCUT2D eigenvalue weighted by molar-refractivity contribution is 0.620. The van der Waals surface area contributed by atoms with Crippen molar-refractivity contribution in [2.75, 3.05) is 11.9 Å². The van der Waals surface area contributed by atoms with Crippen molar-refractivity contribution >= 4 is 16.6 Å². The van der Waals surface area contributed by atoms with Crippen LogP contribution in [-0.2, 0) is 0 Å². The molecule has 1 aromatic carbocycles. The first-order valence-electron chi connectivity index (χ1n) is 5.90. The van der Waals surface area contributed by atoms with Gasteiger partial charge in [0, 0.05) is 24.2 Å². The zero-order chi connectivity index (χ0) is 13.1. The molecule has 4 heteroatoms. The minimum atomic E-state index is -0.277. The highest BCUT2D eigenvalue weighted by Gasteiger charge is 2.10. The van der Waals surface area contributed by atoms with Gasteiger partial charge in [0.25, 0.3) is 0 Å². The van der Waals surface area contributed by atoms with Gasteiger partial charge in [0.15, 0.2) is 0 Å². The molecule has 0 aliphatic heterocycles. The number of pyridine rings is 1. The molecule has 1 heterocycles. The van der Waals surface area contributed by atoms with E-state index in [1.807, 2.05) is 6.92 Å². The van der Waals surface area contributed by atoms with E-state index in [-0.39, 0.29) is 5.82 Å². The van der Waals surface area contributed by atoms with Crippen LogP contribution in [0.1, 0.15) is 24.5 Å². The molecular formula is C14H14FN3. The Bertz CT molecular complexity index is 629. The van der Waals surface area contributed by atoms with Crippen molar-refractivity contribution in [3.63, 3.8) is 0 Å². The Morgan fingerprint density at radius 1 is 1.44 bits per heavy atom. The van der Waals surface area contributed by atoms with E-state index in [1.54, 1.807) is 13.0 Å². The summed E-state index contributed by atoms with van der Waals surface area (Å²) >= 11 is 0. The number of hydrogen-bond donors (Lipinski definition) is 1. The molecule has 2 aromatic rings. The van der Waals surface area contributed by atoms with Crippen molar-refractivity contribution in [1.29, 1.82) is 5.26 Å². The smallest absolute Gasteiger partial charge is 0.128 e. The number of fused-ring (bicyclic) bond motifs is 1. The lowest BCUT2D eigenvalue weighted by atomic mass is 10.1. The second kappa shape index (κ2) is 5.01. The predicted octanol–water partition coefficient (Wildman–Crippen LogP) is 3.38. The van der Waals surface area contributed by atoms with Crippen molar-refractivity contribution in [2.45, 2.75) is 20.3 Å². The van der Waals surface area contributed by atoms with Gasteiger partial charge in [-0.15, -0.1) is 0 Å². The fraction of sp³-hybridized carbons (Fsp3) is 0.286. The van der Waals surface area contributed by atoms with E-state index in [9.17, 15) is 4.39 Å². The molecule has 0 saturated heterocycles. The standard InChI is InChI=1S/C14H14FN3/c1-3-4-17-14-10(7-16)8-18-13-6-12(15)9(2)5-11(13)14/h5-6,8H,3-4H2,1-2H3,(H,17,18). The molecule has 0 spiro atoms. The summed E-state index contributed by atoms with van der Waals surface area (Å²) in [5.74, 6) is -0.277. The molecule has 0 aliphatic rings. The third kappa shape index (κ3) is 2.12. The second-order valence-electron chi connectivity index (χ2n) is 4.20. The van der Waals surface area contributed by atoms with Crippen molar-refractivity contribution in [3.8, 4) is 6.07 Å². The maximum Gasteiger partial charge on any atom is 0.128 e. The molecule has 18 heavy (non-hydrogen) atoms. The van der Waals surface area contributed by atoms with Crippen LogP contribution in [0.15, 0.2) is 18.3 Å². The van der Waals surface area contributed by atoms with Gasteiger partial charge >= 0.3 is 0 Å². The molecule has 0 saturated carbocycles. The number of hydrogen-bond acceptors (Lipinski definition) is 3. The number of aromatic nitrogens is 1. The SMILES string of the molecule is CCCNc1c(C#N)cnc2cc(F)c(C)cc12. The minimum absolute atomic E-state index is 0.277. The number of rotatable bonds is 3. The number of benzene rings is 1. The molecule has 0 amide bonds. The number of anilines is 1. The summed E-state index contributed by atoms with van der Waals surface area (Å²) in [4.78, 5) is 4.12. The highest BCUT2D eigenvalue weighted by molar-refractivity contribution is 5.94. The monoisotopic (exact) mass is 243 g/mol. The Labute approximate surface area is 105 Å².